The average molecular weight is 818 g/mol. The molecule has 2 heterocycles. The number of ether oxygens (including phenoxy) is 4. The van der Waals surface area contributed by atoms with Crippen molar-refractivity contribution in [3.8, 4) is 0 Å². The molecular formula is C43H79NO13. The summed E-state index contributed by atoms with van der Waals surface area (Å²) in [6.07, 6.45) is 15.8. The highest BCUT2D eigenvalue weighted by molar-refractivity contribution is 5.76. The van der Waals surface area contributed by atoms with Gasteiger partial charge >= 0.3 is 0 Å². The van der Waals surface area contributed by atoms with E-state index >= 15 is 0 Å². The van der Waals surface area contributed by atoms with Gasteiger partial charge < -0.3 is 65.1 Å². The van der Waals surface area contributed by atoms with Crippen LogP contribution in [0.1, 0.15) is 149 Å². The Bertz CT molecular complexity index is 1060. The number of hydrogen-bond donors (Lipinski definition) is 9. The van der Waals surface area contributed by atoms with Crippen LogP contribution in [0, 0.1) is 0 Å². The van der Waals surface area contributed by atoms with E-state index in [0.29, 0.717) is 12.8 Å². The molecule has 9 N–H and O–H groups in total. The van der Waals surface area contributed by atoms with Gasteiger partial charge in [-0.05, 0) is 32.1 Å². The van der Waals surface area contributed by atoms with Crippen molar-refractivity contribution < 1.29 is 64.6 Å². The van der Waals surface area contributed by atoms with Crippen molar-refractivity contribution in [3.63, 3.8) is 0 Å². The first-order valence-electron chi connectivity index (χ1n) is 22.1. The Hall–Kier alpha value is -1.53. The van der Waals surface area contributed by atoms with Crippen molar-refractivity contribution >= 4 is 5.91 Å². The molecule has 2 saturated heterocycles. The summed E-state index contributed by atoms with van der Waals surface area (Å²) in [4.78, 5) is 12.5. The highest BCUT2D eigenvalue weighted by Gasteiger charge is 2.50. The van der Waals surface area contributed by atoms with E-state index in [0.717, 1.165) is 12.8 Å². The van der Waals surface area contributed by atoms with Gasteiger partial charge in [0.05, 0.1) is 32.0 Å². The van der Waals surface area contributed by atoms with Gasteiger partial charge in [0.2, 0.25) is 5.91 Å². The number of allylic oxidation sites excluding steroid dienone is 3. The second-order valence-electron chi connectivity index (χ2n) is 15.8. The Balaban J connectivity index is 1.70. The summed E-state index contributed by atoms with van der Waals surface area (Å²) in [6, 6.07) is -0.922. The number of aliphatic hydroxyl groups is 8. The first-order chi connectivity index (χ1) is 27.6. The van der Waals surface area contributed by atoms with Crippen molar-refractivity contribution in [1.82, 2.24) is 5.32 Å². The number of aliphatic hydroxyl groups excluding tert-OH is 8. The van der Waals surface area contributed by atoms with E-state index in [1.165, 1.54) is 103 Å². The normalized spacial score (nSPS) is 29.3. The largest absolute Gasteiger partial charge is 0.394 e. The minimum atomic E-state index is -1.79. The van der Waals surface area contributed by atoms with Crippen LogP contribution in [0.4, 0.5) is 0 Å². The molecule has 12 unspecified atom stereocenters. The van der Waals surface area contributed by atoms with Crippen molar-refractivity contribution in [2.45, 2.75) is 222 Å². The second kappa shape index (κ2) is 31.4. The molecule has 0 spiro atoms. The molecule has 0 aromatic carbocycles. The maximum atomic E-state index is 12.5. The molecule has 2 aliphatic heterocycles. The van der Waals surface area contributed by atoms with E-state index in [4.69, 9.17) is 18.9 Å². The first-order valence-corrected chi connectivity index (χ1v) is 22.1. The molecule has 14 heteroatoms. The van der Waals surface area contributed by atoms with Crippen molar-refractivity contribution in [3.05, 3.63) is 24.3 Å². The van der Waals surface area contributed by atoms with Crippen LogP contribution < -0.4 is 5.32 Å². The lowest BCUT2D eigenvalue weighted by Gasteiger charge is -2.46. The highest BCUT2D eigenvalue weighted by Crippen LogP contribution is 2.30. The average Bonchev–Trinajstić information content (AvgIpc) is 3.20. The summed E-state index contributed by atoms with van der Waals surface area (Å²) in [7, 11) is 0. The highest BCUT2D eigenvalue weighted by atomic mass is 16.7. The second-order valence-corrected chi connectivity index (χ2v) is 15.8. The summed E-state index contributed by atoms with van der Waals surface area (Å²) in [5.41, 5.74) is 0. The lowest BCUT2D eigenvalue weighted by molar-refractivity contribution is -0.359. The van der Waals surface area contributed by atoms with Gasteiger partial charge in [0.25, 0.3) is 0 Å². The number of amides is 1. The van der Waals surface area contributed by atoms with Gasteiger partial charge in [-0.3, -0.25) is 4.79 Å². The Labute approximate surface area is 341 Å². The lowest BCUT2D eigenvalue weighted by Crippen LogP contribution is -2.65. The molecule has 14 nitrogen and oxygen atoms in total. The standard InChI is InChI=1S/C43H79NO13/c1-3-5-6-7-8-9-10-11-12-13-14-15-16-17-18-19-20-21-22-23-24-25-27-32(47)31(44-35(48)26-4-2)30-54-42-40(53)38(51)41(34(29-46)56-42)57-43-39(52)37(50)36(49)33(28-45)55-43/h21-22,25,27,31-34,36-43,45-47,49-53H,3-20,23-24,26,28-30H2,1-2H3,(H,44,48)/b22-21+,27-25+. The fourth-order valence-electron chi connectivity index (χ4n) is 7.23. The molecule has 0 aromatic heterocycles. The van der Waals surface area contributed by atoms with Gasteiger partial charge in [0.1, 0.15) is 48.8 Å². The lowest BCUT2D eigenvalue weighted by atomic mass is 9.97. The maximum Gasteiger partial charge on any atom is 0.220 e. The van der Waals surface area contributed by atoms with Gasteiger partial charge in [0, 0.05) is 6.42 Å². The molecule has 12 atom stereocenters. The number of carbonyl (C=O) groups excluding carboxylic acids is 1. The van der Waals surface area contributed by atoms with Gasteiger partial charge in [-0.25, -0.2) is 0 Å². The quantitative estimate of drug-likeness (QED) is 0.0348. The molecule has 334 valence electrons. The Morgan fingerprint density at radius 1 is 0.614 bits per heavy atom. The summed E-state index contributed by atoms with van der Waals surface area (Å²) in [5.74, 6) is -0.304. The summed E-state index contributed by atoms with van der Waals surface area (Å²) in [5, 5.41) is 85.4. The van der Waals surface area contributed by atoms with E-state index in [1.54, 1.807) is 6.08 Å². The molecule has 2 fully saturated rings. The SMILES string of the molecule is CCCCCCCCCCCCCCCCCC/C=C/CC/C=C/C(O)C(COC1OC(CO)C(OC2OC(CO)C(O)C(O)C2O)C(O)C1O)NC(=O)CCC. The van der Waals surface area contributed by atoms with Crippen molar-refractivity contribution in [2.75, 3.05) is 19.8 Å². The Morgan fingerprint density at radius 3 is 1.68 bits per heavy atom. The van der Waals surface area contributed by atoms with E-state index in [9.17, 15) is 45.6 Å². The smallest absolute Gasteiger partial charge is 0.220 e. The molecular weight excluding hydrogens is 738 g/mol. The fourth-order valence-corrected chi connectivity index (χ4v) is 7.23. The number of nitrogens with one attached hydrogen (secondary N) is 1. The molecule has 0 radical (unpaired) electrons. The molecule has 0 aliphatic carbocycles. The molecule has 0 saturated carbocycles. The van der Waals surface area contributed by atoms with Crippen LogP contribution in [-0.2, 0) is 23.7 Å². The number of carbonyl (C=O) groups is 1. The first kappa shape index (κ1) is 51.6. The number of rotatable bonds is 32. The van der Waals surface area contributed by atoms with Gasteiger partial charge in [-0.15, -0.1) is 0 Å². The van der Waals surface area contributed by atoms with Crippen molar-refractivity contribution in [1.29, 1.82) is 0 Å². The predicted octanol–water partition coefficient (Wildman–Crippen LogP) is 3.82. The van der Waals surface area contributed by atoms with Gasteiger partial charge in [-0.2, -0.15) is 0 Å². The van der Waals surface area contributed by atoms with Crippen molar-refractivity contribution in [2.24, 2.45) is 0 Å². The van der Waals surface area contributed by atoms with E-state index in [2.05, 4.69) is 24.4 Å². The van der Waals surface area contributed by atoms with E-state index < -0.39 is 86.8 Å². The molecule has 2 aliphatic rings. The van der Waals surface area contributed by atoms with E-state index in [1.807, 2.05) is 13.0 Å². The van der Waals surface area contributed by atoms with Gasteiger partial charge in [0.15, 0.2) is 12.6 Å². The van der Waals surface area contributed by atoms with Gasteiger partial charge in [-0.1, -0.05) is 134 Å². The van der Waals surface area contributed by atoms with Crippen LogP contribution in [-0.4, -0.2) is 140 Å². The third-order valence-corrected chi connectivity index (χ3v) is 10.9. The Kier molecular flexibility index (Phi) is 28.4. The zero-order valence-electron chi connectivity index (χ0n) is 34.8. The zero-order chi connectivity index (χ0) is 41.8. The number of unbranched alkanes of at least 4 members (excludes halogenated alkanes) is 17. The summed E-state index contributed by atoms with van der Waals surface area (Å²) >= 11 is 0. The minimum absolute atomic E-state index is 0.224. The molecule has 0 bridgehead atoms. The fraction of sp³-hybridized carbons (Fsp3) is 0.884. The zero-order valence-corrected chi connectivity index (χ0v) is 34.8. The monoisotopic (exact) mass is 818 g/mol. The van der Waals surface area contributed by atoms with Crippen LogP contribution in [0.2, 0.25) is 0 Å². The predicted molar refractivity (Wildman–Crippen MR) is 217 cm³/mol. The van der Waals surface area contributed by atoms with Crippen LogP contribution in [0.3, 0.4) is 0 Å². The van der Waals surface area contributed by atoms with E-state index in [-0.39, 0.29) is 18.9 Å². The molecule has 1 amide bonds. The third-order valence-electron chi connectivity index (χ3n) is 10.9. The summed E-state index contributed by atoms with van der Waals surface area (Å²) in [6.45, 7) is 2.38. The maximum absolute atomic E-state index is 12.5. The minimum Gasteiger partial charge on any atom is -0.394 e. The summed E-state index contributed by atoms with van der Waals surface area (Å²) < 4.78 is 22.3. The number of hydrogen-bond acceptors (Lipinski definition) is 13. The van der Waals surface area contributed by atoms with Crippen LogP contribution in [0.25, 0.3) is 0 Å². The third kappa shape index (κ3) is 20.1. The molecule has 2 rings (SSSR count). The van der Waals surface area contributed by atoms with Crippen LogP contribution in [0.15, 0.2) is 24.3 Å². The molecule has 57 heavy (non-hydrogen) atoms. The van der Waals surface area contributed by atoms with Crippen LogP contribution in [0.5, 0.6) is 0 Å². The Morgan fingerprint density at radius 2 is 1.12 bits per heavy atom. The van der Waals surface area contributed by atoms with Crippen LogP contribution >= 0.6 is 0 Å². The topological polar surface area (TPSA) is 228 Å². The molecule has 0 aromatic rings.